The highest BCUT2D eigenvalue weighted by Crippen LogP contribution is 2.34. The van der Waals surface area contributed by atoms with E-state index in [4.69, 9.17) is 4.74 Å². The van der Waals surface area contributed by atoms with Gasteiger partial charge in [-0.2, -0.15) is 0 Å². The van der Waals surface area contributed by atoms with Crippen LogP contribution in [0.3, 0.4) is 0 Å². The topological polar surface area (TPSA) is 114 Å². The van der Waals surface area contributed by atoms with Crippen molar-refractivity contribution < 1.29 is 22.7 Å². The summed E-state index contributed by atoms with van der Waals surface area (Å²) in [6.07, 6.45) is 0.995. The van der Waals surface area contributed by atoms with Crippen LogP contribution in [-0.2, 0) is 14.8 Å². The molecular formula is C13H11Br2N3O5S2. The number of nitrogens with zero attached hydrogens (tertiary/aromatic N) is 1. The number of anilines is 2. The van der Waals surface area contributed by atoms with Crippen molar-refractivity contribution in [2.75, 3.05) is 16.3 Å². The van der Waals surface area contributed by atoms with Gasteiger partial charge in [0.1, 0.15) is 0 Å². The first-order chi connectivity index (χ1) is 11.5. The van der Waals surface area contributed by atoms with E-state index in [1.54, 1.807) is 6.07 Å². The lowest BCUT2D eigenvalue weighted by molar-refractivity contribution is -0.131. The van der Waals surface area contributed by atoms with E-state index in [0.29, 0.717) is 8.95 Å². The van der Waals surface area contributed by atoms with E-state index in [1.807, 2.05) is 0 Å². The molecule has 0 saturated carbocycles. The predicted octanol–water partition coefficient (Wildman–Crippen LogP) is 3.22. The molecule has 0 radical (unpaired) electrons. The van der Waals surface area contributed by atoms with Crippen LogP contribution in [0.5, 0.6) is 5.75 Å². The number of ether oxygens (including phenoxy) is 1. The molecule has 0 bridgehead atoms. The van der Waals surface area contributed by atoms with Crippen LogP contribution in [0.1, 0.15) is 17.3 Å². The van der Waals surface area contributed by atoms with E-state index >= 15 is 0 Å². The fourth-order valence-electron chi connectivity index (χ4n) is 1.71. The van der Waals surface area contributed by atoms with Gasteiger partial charge in [0, 0.05) is 16.8 Å². The zero-order chi connectivity index (χ0) is 18.8. The second-order valence-corrected chi connectivity index (χ2v) is 9.10. The van der Waals surface area contributed by atoms with Gasteiger partial charge in [-0.3, -0.25) is 19.6 Å². The van der Waals surface area contributed by atoms with Gasteiger partial charge in [-0.05, 0) is 28.1 Å². The molecule has 2 N–H and O–H groups in total. The Kier molecular flexibility index (Phi) is 6.19. The van der Waals surface area contributed by atoms with E-state index in [9.17, 15) is 18.0 Å². The largest absolute Gasteiger partial charge is 0.425 e. The van der Waals surface area contributed by atoms with Crippen LogP contribution in [0.15, 0.2) is 26.5 Å². The van der Waals surface area contributed by atoms with E-state index in [-0.39, 0.29) is 22.3 Å². The van der Waals surface area contributed by atoms with Gasteiger partial charge >= 0.3 is 5.97 Å². The minimum Gasteiger partial charge on any atom is -0.425 e. The number of benzene rings is 1. The van der Waals surface area contributed by atoms with Gasteiger partial charge in [-0.1, -0.05) is 15.9 Å². The minimum absolute atomic E-state index is 0.0687. The van der Waals surface area contributed by atoms with Gasteiger partial charge in [-0.15, -0.1) is 11.3 Å². The Morgan fingerprint density at radius 2 is 1.96 bits per heavy atom. The van der Waals surface area contributed by atoms with Crippen LogP contribution >= 0.6 is 43.2 Å². The minimum atomic E-state index is -3.46. The number of rotatable bonds is 5. The van der Waals surface area contributed by atoms with Gasteiger partial charge in [0.2, 0.25) is 10.0 Å². The first-order valence-corrected chi connectivity index (χ1v) is 10.8. The number of esters is 1. The molecule has 0 spiro atoms. The molecule has 2 rings (SSSR count). The Bertz CT molecular complexity index is 943. The number of nitrogens with one attached hydrogen (secondary N) is 2. The molecule has 12 heteroatoms. The Labute approximate surface area is 164 Å². The zero-order valence-corrected chi connectivity index (χ0v) is 17.6. The number of aromatic nitrogens is 1. The number of thiazole rings is 1. The maximum atomic E-state index is 12.5. The van der Waals surface area contributed by atoms with E-state index in [0.717, 1.165) is 17.6 Å². The SMILES string of the molecule is CC(=O)Oc1c(Br)cc(Br)cc1C(=O)Nc1nc(NS(C)(=O)=O)cs1. The van der Waals surface area contributed by atoms with E-state index in [1.165, 1.54) is 18.4 Å². The summed E-state index contributed by atoms with van der Waals surface area (Å²) in [4.78, 5) is 27.7. The highest BCUT2D eigenvalue weighted by molar-refractivity contribution is 9.11. The summed E-state index contributed by atoms with van der Waals surface area (Å²) in [5.74, 6) is -0.984. The Morgan fingerprint density at radius 3 is 2.56 bits per heavy atom. The summed E-state index contributed by atoms with van der Waals surface area (Å²) in [5.41, 5.74) is 0.101. The molecule has 2 aromatic rings. The van der Waals surface area contributed by atoms with Crippen molar-refractivity contribution in [1.82, 2.24) is 4.98 Å². The fourth-order valence-corrected chi connectivity index (χ4v) is 4.21. The third-order valence-electron chi connectivity index (χ3n) is 2.51. The number of halogens is 2. The molecule has 1 amide bonds. The number of carbonyl (C=O) groups is 2. The standard InChI is InChI=1S/C13H11Br2N3O5S2/c1-6(19)23-11-8(3-7(14)4-9(11)15)12(20)17-13-16-10(5-24-13)18-25(2,21)22/h3-5,18H,1-2H3,(H,16,17,20). The second kappa shape index (κ2) is 7.81. The van der Waals surface area contributed by atoms with Crippen LogP contribution in [0.4, 0.5) is 10.9 Å². The molecule has 0 unspecified atom stereocenters. The Hall–Kier alpha value is -1.50. The van der Waals surface area contributed by atoms with Crippen LogP contribution in [0, 0.1) is 0 Å². The molecular weight excluding hydrogens is 502 g/mol. The lowest BCUT2D eigenvalue weighted by atomic mass is 10.2. The van der Waals surface area contributed by atoms with Gasteiger partial charge in [0.15, 0.2) is 16.7 Å². The number of sulfonamides is 1. The molecule has 1 aromatic heterocycles. The predicted molar refractivity (Wildman–Crippen MR) is 102 cm³/mol. The number of amides is 1. The molecule has 0 aliphatic carbocycles. The van der Waals surface area contributed by atoms with Crippen molar-refractivity contribution in [1.29, 1.82) is 0 Å². The molecule has 0 aliphatic heterocycles. The average Bonchev–Trinajstić information content (AvgIpc) is 2.85. The summed E-state index contributed by atoms with van der Waals surface area (Å²) in [7, 11) is -3.46. The quantitative estimate of drug-likeness (QED) is 0.469. The Balaban J connectivity index is 2.28. The number of hydrogen-bond donors (Lipinski definition) is 2. The fraction of sp³-hybridized carbons (Fsp3) is 0.154. The van der Waals surface area contributed by atoms with Crippen molar-refractivity contribution in [3.63, 3.8) is 0 Å². The number of hydrogen-bond acceptors (Lipinski definition) is 7. The van der Waals surface area contributed by atoms with Gasteiger partial charge in [0.05, 0.1) is 16.3 Å². The normalized spacial score (nSPS) is 11.0. The smallest absolute Gasteiger partial charge is 0.308 e. The number of carbonyl (C=O) groups excluding carboxylic acids is 2. The maximum absolute atomic E-state index is 12.5. The highest BCUT2D eigenvalue weighted by atomic mass is 79.9. The van der Waals surface area contributed by atoms with Gasteiger partial charge in [-0.25, -0.2) is 13.4 Å². The third kappa shape index (κ3) is 5.76. The van der Waals surface area contributed by atoms with Crippen LogP contribution in [-0.4, -0.2) is 31.5 Å². The average molecular weight is 513 g/mol. The lowest BCUT2D eigenvalue weighted by Gasteiger charge is -2.11. The monoisotopic (exact) mass is 511 g/mol. The van der Waals surface area contributed by atoms with Gasteiger partial charge < -0.3 is 4.74 Å². The van der Waals surface area contributed by atoms with E-state index < -0.39 is 21.9 Å². The maximum Gasteiger partial charge on any atom is 0.308 e. The van der Waals surface area contributed by atoms with Crippen molar-refractivity contribution >= 4 is 76.0 Å². The third-order valence-corrected chi connectivity index (χ3v) is 4.90. The first-order valence-electron chi connectivity index (χ1n) is 6.47. The van der Waals surface area contributed by atoms with Crippen molar-refractivity contribution in [2.24, 2.45) is 0 Å². The molecule has 1 heterocycles. The molecule has 0 atom stereocenters. The summed E-state index contributed by atoms with van der Waals surface area (Å²) in [6.45, 7) is 1.22. The van der Waals surface area contributed by atoms with Crippen LogP contribution in [0.2, 0.25) is 0 Å². The molecule has 25 heavy (non-hydrogen) atoms. The van der Waals surface area contributed by atoms with Crippen LogP contribution in [0.25, 0.3) is 0 Å². The highest BCUT2D eigenvalue weighted by Gasteiger charge is 2.20. The van der Waals surface area contributed by atoms with Crippen molar-refractivity contribution in [3.05, 3.63) is 32.0 Å². The molecule has 134 valence electrons. The molecule has 0 saturated heterocycles. The second-order valence-electron chi connectivity index (χ2n) is 4.72. The summed E-state index contributed by atoms with van der Waals surface area (Å²) >= 11 is 7.54. The molecule has 0 fully saturated rings. The summed E-state index contributed by atoms with van der Waals surface area (Å²) in [6, 6.07) is 3.12. The summed E-state index contributed by atoms with van der Waals surface area (Å²) < 4.78 is 30.7. The van der Waals surface area contributed by atoms with Crippen molar-refractivity contribution in [2.45, 2.75) is 6.92 Å². The zero-order valence-electron chi connectivity index (χ0n) is 12.8. The molecule has 8 nitrogen and oxygen atoms in total. The van der Waals surface area contributed by atoms with Gasteiger partial charge in [0.25, 0.3) is 5.91 Å². The lowest BCUT2D eigenvalue weighted by Crippen LogP contribution is -2.15. The van der Waals surface area contributed by atoms with Crippen molar-refractivity contribution in [3.8, 4) is 5.75 Å². The molecule has 1 aromatic carbocycles. The first kappa shape index (κ1) is 19.8. The molecule has 0 aliphatic rings. The van der Waals surface area contributed by atoms with Crippen LogP contribution < -0.4 is 14.8 Å². The van der Waals surface area contributed by atoms with E-state index in [2.05, 4.69) is 46.9 Å². The summed E-state index contributed by atoms with van der Waals surface area (Å²) in [5, 5.41) is 4.16. The Morgan fingerprint density at radius 1 is 1.28 bits per heavy atom.